The van der Waals surface area contributed by atoms with Crippen molar-refractivity contribution in [3.63, 3.8) is 0 Å². The summed E-state index contributed by atoms with van der Waals surface area (Å²) in [6.07, 6.45) is 1.45. The lowest BCUT2D eigenvalue weighted by Crippen LogP contribution is -2.58. The highest BCUT2D eigenvalue weighted by Crippen LogP contribution is 2.27. The van der Waals surface area contributed by atoms with Crippen molar-refractivity contribution in [3.8, 4) is 0 Å². The molecule has 0 atom stereocenters. The number of carbonyl (C=O) groups is 1. The van der Waals surface area contributed by atoms with Crippen LogP contribution in [-0.4, -0.2) is 29.8 Å². The van der Waals surface area contributed by atoms with Crippen LogP contribution in [0.15, 0.2) is 24.3 Å². The molecule has 0 radical (unpaired) electrons. The van der Waals surface area contributed by atoms with Crippen LogP contribution in [-0.2, 0) is 11.2 Å². The number of likely N-dealkylation sites (tertiary alicyclic amines) is 1. The van der Waals surface area contributed by atoms with Gasteiger partial charge in [0.25, 0.3) is 5.92 Å². The van der Waals surface area contributed by atoms with Crippen LogP contribution in [0.5, 0.6) is 0 Å². The van der Waals surface area contributed by atoms with Crippen molar-refractivity contribution in [1.82, 2.24) is 4.90 Å². The van der Waals surface area contributed by atoms with Crippen LogP contribution in [0.3, 0.4) is 0 Å². The molecule has 0 aromatic heterocycles. The second kappa shape index (κ2) is 6.64. The minimum Gasteiger partial charge on any atom is -0.330 e. The molecule has 0 spiro atoms. The fourth-order valence-electron chi connectivity index (χ4n) is 1.68. The molecule has 1 heterocycles. The molecule has 1 fully saturated rings. The van der Waals surface area contributed by atoms with Gasteiger partial charge in [-0.1, -0.05) is 50.1 Å². The molecule has 19 heavy (non-hydrogen) atoms. The third-order valence-corrected chi connectivity index (χ3v) is 2.67. The summed E-state index contributed by atoms with van der Waals surface area (Å²) in [4.78, 5) is 12.8. The third kappa shape index (κ3) is 4.97. The summed E-state index contributed by atoms with van der Waals surface area (Å²) in [5.41, 5.74) is 1.98. The van der Waals surface area contributed by atoms with Crippen molar-refractivity contribution >= 4 is 5.91 Å². The molecule has 4 heteroatoms. The number of rotatable bonds is 2. The predicted octanol–water partition coefficient (Wildman–Crippen LogP) is 3.43. The Morgan fingerprint density at radius 2 is 1.68 bits per heavy atom. The summed E-state index contributed by atoms with van der Waals surface area (Å²) in [6.45, 7) is 5.34. The third-order valence-electron chi connectivity index (χ3n) is 2.67. The molecule has 1 aliphatic rings. The van der Waals surface area contributed by atoms with Gasteiger partial charge in [-0.15, -0.1) is 0 Å². The highest BCUT2D eigenvalue weighted by atomic mass is 19.3. The van der Waals surface area contributed by atoms with E-state index in [-0.39, 0.29) is 12.3 Å². The highest BCUT2D eigenvalue weighted by Gasteiger charge is 2.45. The van der Waals surface area contributed by atoms with E-state index < -0.39 is 19.0 Å². The number of benzene rings is 1. The quantitative estimate of drug-likeness (QED) is 0.805. The first-order valence-electron chi connectivity index (χ1n) is 6.59. The Hall–Kier alpha value is -1.45. The number of hydrogen-bond acceptors (Lipinski definition) is 1. The summed E-state index contributed by atoms with van der Waals surface area (Å²) in [5.74, 6) is -2.90. The molecule has 1 aromatic carbocycles. The standard InChI is InChI=1S/C12H13F2NO.C3H8/c1-9-2-4-10(5-3-9)6-11(16)15-7-12(13,14)8-15;1-3-2/h2-5H,6-8H2,1H3;3H2,1-2H3. The van der Waals surface area contributed by atoms with Crippen LogP contribution >= 0.6 is 0 Å². The van der Waals surface area contributed by atoms with Crippen LogP contribution in [0.2, 0.25) is 0 Å². The van der Waals surface area contributed by atoms with Gasteiger partial charge in [-0.05, 0) is 12.5 Å². The maximum absolute atomic E-state index is 12.5. The lowest BCUT2D eigenvalue weighted by Gasteiger charge is -2.38. The number of carbonyl (C=O) groups excluding carboxylic acids is 1. The van der Waals surface area contributed by atoms with Gasteiger partial charge in [0.05, 0.1) is 19.5 Å². The first-order valence-corrected chi connectivity index (χ1v) is 6.59. The molecule has 1 aromatic rings. The molecule has 1 saturated heterocycles. The highest BCUT2D eigenvalue weighted by molar-refractivity contribution is 5.79. The van der Waals surface area contributed by atoms with Crippen LogP contribution in [0.1, 0.15) is 31.4 Å². The molecular weight excluding hydrogens is 248 g/mol. The van der Waals surface area contributed by atoms with Crippen molar-refractivity contribution in [1.29, 1.82) is 0 Å². The number of halogens is 2. The number of aryl methyl sites for hydroxylation is 1. The second-order valence-corrected chi connectivity index (χ2v) is 4.98. The van der Waals surface area contributed by atoms with Crippen molar-refractivity contribution in [3.05, 3.63) is 35.4 Å². The van der Waals surface area contributed by atoms with Crippen molar-refractivity contribution in [2.75, 3.05) is 13.1 Å². The summed E-state index contributed by atoms with van der Waals surface area (Å²) < 4.78 is 25.1. The van der Waals surface area contributed by atoms with Crippen LogP contribution in [0.4, 0.5) is 8.78 Å². The van der Waals surface area contributed by atoms with E-state index in [1.165, 1.54) is 11.3 Å². The lowest BCUT2D eigenvalue weighted by molar-refractivity contribution is -0.165. The molecule has 1 aliphatic heterocycles. The van der Waals surface area contributed by atoms with Gasteiger partial charge < -0.3 is 4.90 Å². The second-order valence-electron chi connectivity index (χ2n) is 4.98. The molecule has 0 N–H and O–H groups in total. The average molecular weight is 269 g/mol. The number of alkyl halides is 2. The average Bonchev–Trinajstić information content (AvgIpc) is 2.30. The Morgan fingerprint density at radius 1 is 1.21 bits per heavy atom. The fourth-order valence-corrected chi connectivity index (χ4v) is 1.68. The van der Waals surface area contributed by atoms with E-state index in [0.29, 0.717) is 0 Å². The summed E-state index contributed by atoms with van der Waals surface area (Å²) in [7, 11) is 0. The van der Waals surface area contributed by atoms with E-state index >= 15 is 0 Å². The molecule has 2 nitrogen and oxygen atoms in total. The van der Waals surface area contributed by atoms with Crippen LogP contribution in [0, 0.1) is 6.92 Å². The monoisotopic (exact) mass is 269 g/mol. The Balaban J connectivity index is 0.000000550. The SMILES string of the molecule is CCC.Cc1ccc(CC(=O)N2CC(F)(F)C2)cc1. The minimum absolute atomic E-state index is 0.205. The van der Waals surface area contributed by atoms with E-state index in [9.17, 15) is 13.6 Å². The van der Waals surface area contributed by atoms with Crippen LogP contribution < -0.4 is 0 Å². The number of nitrogens with zero attached hydrogens (tertiary/aromatic N) is 1. The molecule has 0 bridgehead atoms. The van der Waals surface area contributed by atoms with Crippen molar-refractivity contribution < 1.29 is 13.6 Å². The van der Waals surface area contributed by atoms with Crippen LogP contribution in [0.25, 0.3) is 0 Å². The Labute approximate surface area is 113 Å². The molecule has 0 unspecified atom stereocenters. The maximum Gasteiger partial charge on any atom is 0.282 e. The molecular formula is C15H21F2NO. The van der Waals surface area contributed by atoms with E-state index in [1.54, 1.807) is 0 Å². The van der Waals surface area contributed by atoms with E-state index in [2.05, 4.69) is 13.8 Å². The zero-order valence-electron chi connectivity index (χ0n) is 11.7. The number of amides is 1. The predicted molar refractivity (Wildman–Crippen MR) is 72.4 cm³/mol. The summed E-state index contributed by atoms with van der Waals surface area (Å²) in [5, 5.41) is 0. The molecule has 1 amide bonds. The van der Waals surface area contributed by atoms with Gasteiger partial charge in [0.15, 0.2) is 0 Å². The molecule has 0 aliphatic carbocycles. The molecule has 2 rings (SSSR count). The largest absolute Gasteiger partial charge is 0.330 e. The van der Waals surface area contributed by atoms with Gasteiger partial charge in [-0.25, -0.2) is 8.78 Å². The Bertz CT molecular complexity index is 407. The number of hydrogen-bond donors (Lipinski definition) is 0. The van der Waals surface area contributed by atoms with E-state index in [1.807, 2.05) is 31.2 Å². The maximum atomic E-state index is 12.5. The summed E-state index contributed by atoms with van der Waals surface area (Å²) >= 11 is 0. The smallest absolute Gasteiger partial charge is 0.282 e. The van der Waals surface area contributed by atoms with Gasteiger partial charge >= 0.3 is 0 Å². The van der Waals surface area contributed by atoms with Gasteiger partial charge in [0.1, 0.15) is 0 Å². The first-order chi connectivity index (χ1) is 8.88. The topological polar surface area (TPSA) is 20.3 Å². The molecule has 106 valence electrons. The van der Waals surface area contributed by atoms with E-state index in [0.717, 1.165) is 11.1 Å². The minimum atomic E-state index is -2.68. The lowest BCUT2D eigenvalue weighted by atomic mass is 10.1. The first kappa shape index (κ1) is 15.6. The Kier molecular flexibility index (Phi) is 5.45. The normalized spacial score (nSPS) is 16.2. The Morgan fingerprint density at radius 3 is 2.11 bits per heavy atom. The van der Waals surface area contributed by atoms with E-state index in [4.69, 9.17) is 0 Å². The van der Waals surface area contributed by atoms with Crippen molar-refractivity contribution in [2.24, 2.45) is 0 Å². The van der Waals surface area contributed by atoms with Gasteiger partial charge in [0.2, 0.25) is 5.91 Å². The summed E-state index contributed by atoms with van der Waals surface area (Å²) in [6, 6.07) is 7.52. The zero-order valence-corrected chi connectivity index (χ0v) is 11.7. The van der Waals surface area contributed by atoms with Gasteiger partial charge in [-0.2, -0.15) is 0 Å². The van der Waals surface area contributed by atoms with Gasteiger partial charge in [-0.3, -0.25) is 4.79 Å². The van der Waals surface area contributed by atoms with Gasteiger partial charge in [0, 0.05) is 0 Å². The fraction of sp³-hybridized carbons (Fsp3) is 0.533. The van der Waals surface area contributed by atoms with Crippen molar-refractivity contribution in [2.45, 2.75) is 39.5 Å². The zero-order chi connectivity index (χ0) is 14.5. The molecule has 0 saturated carbocycles.